The third kappa shape index (κ3) is 3.90. The fraction of sp³-hybridized carbons (Fsp3) is 0.250. The van der Waals surface area contributed by atoms with Crippen LogP contribution in [0.3, 0.4) is 0 Å². The fourth-order valence-corrected chi connectivity index (χ4v) is 3.93. The van der Waals surface area contributed by atoms with Gasteiger partial charge in [-0.05, 0) is 53.4 Å². The van der Waals surface area contributed by atoms with E-state index in [0.29, 0.717) is 23.5 Å². The molecular formula is C20H23FN5OP. The van der Waals surface area contributed by atoms with Crippen molar-refractivity contribution in [2.45, 2.75) is 26.2 Å². The second-order valence-electron chi connectivity index (χ2n) is 6.76. The predicted octanol–water partition coefficient (Wildman–Crippen LogP) is 2.50. The molecule has 0 aliphatic rings. The number of hydrogen-bond donors (Lipinski definition) is 2. The summed E-state index contributed by atoms with van der Waals surface area (Å²) >= 11 is 0. The highest BCUT2D eigenvalue weighted by Gasteiger charge is 2.17. The summed E-state index contributed by atoms with van der Waals surface area (Å²) in [6.07, 6.45) is 5.43. The molecule has 0 aliphatic heterocycles. The first-order valence-electron chi connectivity index (χ1n) is 8.87. The molecule has 3 N–H and O–H groups in total. The molecule has 2 aromatic heterocycles. The number of anilines is 1. The zero-order valence-electron chi connectivity index (χ0n) is 16.0. The number of halogens is 1. The molecule has 2 atom stereocenters. The molecule has 0 radical (unpaired) electrons. The molecule has 0 saturated heterocycles. The topological polar surface area (TPSA) is 85.8 Å². The third-order valence-corrected chi connectivity index (χ3v) is 5.33. The van der Waals surface area contributed by atoms with Crippen LogP contribution in [-0.2, 0) is 6.42 Å². The monoisotopic (exact) mass is 399 g/mol. The molecule has 6 nitrogen and oxygen atoms in total. The first-order valence-corrected chi connectivity index (χ1v) is 9.44. The SMILES string of the molecule is CNC(=O)c1cn(-c2cnc(N)c(CC(C)c3c(P)ccc(F)c3C)c2)cn1. The second kappa shape index (κ2) is 8.07. The van der Waals surface area contributed by atoms with E-state index in [2.05, 4.69) is 24.5 Å². The molecule has 0 saturated carbocycles. The summed E-state index contributed by atoms with van der Waals surface area (Å²) < 4.78 is 15.8. The van der Waals surface area contributed by atoms with Gasteiger partial charge in [0, 0.05) is 13.2 Å². The van der Waals surface area contributed by atoms with Gasteiger partial charge >= 0.3 is 0 Å². The quantitative estimate of drug-likeness (QED) is 0.646. The molecule has 28 heavy (non-hydrogen) atoms. The first kappa shape index (κ1) is 20.0. The molecule has 0 spiro atoms. The van der Waals surface area contributed by atoms with Crippen molar-refractivity contribution in [3.8, 4) is 5.69 Å². The molecule has 3 aromatic rings. The van der Waals surface area contributed by atoms with Gasteiger partial charge in [0.1, 0.15) is 23.7 Å². The Morgan fingerprint density at radius 1 is 1.39 bits per heavy atom. The normalized spacial score (nSPS) is 12.0. The van der Waals surface area contributed by atoms with E-state index in [1.807, 2.05) is 13.0 Å². The summed E-state index contributed by atoms with van der Waals surface area (Å²) in [6.45, 7) is 3.83. The molecule has 0 bridgehead atoms. The Labute approximate surface area is 165 Å². The number of nitrogen functional groups attached to an aromatic ring is 1. The van der Waals surface area contributed by atoms with Crippen LogP contribution in [-0.4, -0.2) is 27.5 Å². The summed E-state index contributed by atoms with van der Waals surface area (Å²) in [4.78, 5) is 20.1. The van der Waals surface area contributed by atoms with E-state index >= 15 is 0 Å². The average molecular weight is 399 g/mol. The number of pyridine rings is 1. The van der Waals surface area contributed by atoms with Crippen molar-refractivity contribution in [3.05, 3.63) is 65.1 Å². The van der Waals surface area contributed by atoms with Crippen LogP contribution in [0.25, 0.3) is 5.69 Å². The Hall–Kier alpha value is -2.79. The molecule has 0 aliphatic carbocycles. The van der Waals surface area contributed by atoms with Gasteiger partial charge in [0.05, 0.1) is 11.9 Å². The summed E-state index contributed by atoms with van der Waals surface area (Å²) in [7, 11) is 4.23. The lowest BCUT2D eigenvalue weighted by molar-refractivity contribution is 0.0958. The van der Waals surface area contributed by atoms with E-state index in [9.17, 15) is 9.18 Å². The fourth-order valence-electron chi connectivity index (χ4n) is 3.33. The zero-order chi connectivity index (χ0) is 20.4. The van der Waals surface area contributed by atoms with Gasteiger partial charge in [0.15, 0.2) is 0 Å². The van der Waals surface area contributed by atoms with Crippen molar-refractivity contribution < 1.29 is 9.18 Å². The van der Waals surface area contributed by atoms with Crippen LogP contribution in [0, 0.1) is 12.7 Å². The van der Waals surface area contributed by atoms with Gasteiger partial charge in [0.2, 0.25) is 0 Å². The van der Waals surface area contributed by atoms with Crippen molar-refractivity contribution >= 4 is 26.3 Å². The molecule has 146 valence electrons. The number of hydrogen-bond acceptors (Lipinski definition) is 4. The minimum absolute atomic E-state index is 0.0479. The number of rotatable bonds is 5. The maximum absolute atomic E-state index is 14.0. The Morgan fingerprint density at radius 2 is 2.14 bits per heavy atom. The molecule has 2 unspecified atom stereocenters. The second-order valence-corrected chi connectivity index (χ2v) is 7.39. The smallest absolute Gasteiger partial charge is 0.271 e. The lowest BCUT2D eigenvalue weighted by atomic mass is 9.90. The standard InChI is InChI=1S/C20H23FN5OP/c1-11(18-12(2)15(21)4-5-17(18)28)6-13-7-14(8-24-19(13)22)26-9-16(25-10-26)20(27)23-3/h4-5,7-11H,6,28H2,1-3H3,(H2,22,24)(H,23,27). The molecule has 0 fully saturated rings. The molecular weight excluding hydrogens is 376 g/mol. The molecule has 3 rings (SSSR count). The maximum atomic E-state index is 14.0. The van der Waals surface area contributed by atoms with Crippen molar-refractivity contribution in [2.24, 2.45) is 0 Å². The van der Waals surface area contributed by atoms with Gasteiger partial charge in [-0.2, -0.15) is 0 Å². The highest BCUT2D eigenvalue weighted by Crippen LogP contribution is 2.27. The van der Waals surface area contributed by atoms with E-state index in [0.717, 1.165) is 22.1 Å². The molecule has 2 heterocycles. The lowest BCUT2D eigenvalue weighted by Gasteiger charge is -2.19. The minimum atomic E-state index is -0.259. The van der Waals surface area contributed by atoms with Crippen molar-refractivity contribution in [1.82, 2.24) is 19.9 Å². The maximum Gasteiger partial charge on any atom is 0.271 e. The largest absolute Gasteiger partial charge is 0.383 e. The minimum Gasteiger partial charge on any atom is -0.383 e. The van der Waals surface area contributed by atoms with Crippen LogP contribution in [0.5, 0.6) is 0 Å². The van der Waals surface area contributed by atoms with E-state index in [1.165, 1.54) is 6.07 Å². The lowest BCUT2D eigenvalue weighted by Crippen LogP contribution is -2.18. The van der Waals surface area contributed by atoms with Crippen LogP contribution in [0.4, 0.5) is 10.2 Å². The number of nitrogens with one attached hydrogen (secondary N) is 1. The Morgan fingerprint density at radius 3 is 2.86 bits per heavy atom. The van der Waals surface area contributed by atoms with Gasteiger partial charge in [0.25, 0.3) is 5.91 Å². The molecule has 8 heteroatoms. The Kier molecular flexibility index (Phi) is 5.75. The van der Waals surface area contributed by atoms with E-state index in [1.54, 1.807) is 43.3 Å². The van der Waals surface area contributed by atoms with E-state index < -0.39 is 0 Å². The van der Waals surface area contributed by atoms with Gasteiger partial charge in [-0.3, -0.25) is 4.79 Å². The van der Waals surface area contributed by atoms with Gasteiger partial charge in [-0.15, -0.1) is 9.24 Å². The molecule has 1 aromatic carbocycles. The van der Waals surface area contributed by atoms with Gasteiger partial charge in [-0.1, -0.05) is 13.0 Å². The van der Waals surface area contributed by atoms with Crippen molar-refractivity contribution in [3.63, 3.8) is 0 Å². The van der Waals surface area contributed by atoms with Crippen LogP contribution in [0.15, 0.2) is 36.9 Å². The summed E-state index contributed by atoms with van der Waals surface area (Å²) in [6, 6.07) is 5.17. The summed E-state index contributed by atoms with van der Waals surface area (Å²) in [5, 5.41) is 3.51. The summed E-state index contributed by atoms with van der Waals surface area (Å²) in [5.41, 5.74) is 9.62. The number of aromatic nitrogens is 3. The van der Waals surface area contributed by atoms with Gasteiger partial charge < -0.3 is 15.6 Å². The number of carbonyl (C=O) groups is 1. The number of nitrogens with zero attached hydrogens (tertiary/aromatic N) is 3. The highest BCUT2D eigenvalue weighted by molar-refractivity contribution is 7.27. The average Bonchev–Trinajstić information content (AvgIpc) is 3.16. The number of benzene rings is 1. The van der Waals surface area contributed by atoms with E-state index in [-0.39, 0.29) is 17.6 Å². The third-order valence-electron chi connectivity index (χ3n) is 4.83. The highest BCUT2D eigenvalue weighted by atomic mass is 31.0. The number of nitrogens with two attached hydrogens (primary N) is 1. The first-order chi connectivity index (χ1) is 13.3. The molecule has 1 amide bonds. The predicted molar refractivity (Wildman–Crippen MR) is 112 cm³/mol. The summed E-state index contributed by atoms with van der Waals surface area (Å²) in [5.74, 6) is 0.00645. The zero-order valence-corrected chi connectivity index (χ0v) is 17.2. The van der Waals surface area contributed by atoms with E-state index in [4.69, 9.17) is 5.73 Å². The number of amides is 1. The number of imidazole rings is 1. The van der Waals surface area contributed by atoms with Gasteiger partial charge in [-0.25, -0.2) is 14.4 Å². The van der Waals surface area contributed by atoms with Crippen LogP contribution < -0.4 is 16.4 Å². The Bertz CT molecular complexity index is 1030. The Balaban J connectivity index is 1.91. The number of carbonyl (C=O) groups excluding carboxylic acids is 1. The van der Waals surface area contributed by atoms with Crippen LogP contribution in [0.1, 0.15) is 40.0 Å². The van der Waals surface area contributed by atoms with Crippen molar-refractivity contribution in [2.75, 3.05) is 12.8 Å². The van der Waals surface area contributed by atoms with Crippen LogP contribution in [0.2, 0.25) is 0 Å². The van der Waals surface area contributed by atoms with Crippen molar-refractivity contribution in [1.29, 1.82) is 0 Å². The van der Waals surface area contributed by atoms with Crippen LogP contribution >= 0.6 is 9.24 Å².